The summed E-state index contributed by atoms with van der Waals surface area (Å²) in [7, 11) is 0. The fraction of sp³-hybridized carbons (Fsp3) is 0.0435. The molecule has 16 aromatic rings. The van der Waals surface area contributed by atoms with Crippen LogP contribution in [0, 0.1) is 0 Å². The molecule has 0 bridgehead atoms. The van der Waals surface area contributed by atoms with Gasteiger partial charge in [0.25, 0.3) is 0 Å². The molecule has 2 aliphatic carbocycles. The van der Waals surface area contributed by atoms with Crippen LogP contribution < -0.4 is 4.90 Å². The monoisotopic (exact) mass is 976 g/mol. The molecule has 0 radical (unpaired) electrons. The fourth-order valence-electron chi connectivity index (χ4n) is 13.8. The standard InChI is InChI=1S/C69H40N2OS2/c1-69(2)55-19-8-5-14-42(55)43-25-22-38(33-56(43)69)70(39-23-26-45-44-15-6-9-20-60(44)72-61(45)34-39)37-24-31-63-52(32-37)54-36-59-66-51(68(54)74-63)28-27-50-65(66)58(35-53-46-16-7-10-21-62(46)73-67(50)53)71(59)57-30-29-48-41-13-4-3-12-40(41)47-17-11-18-49(57)64(47)48/h3-36H,1-2H3. The maximum atomic E-state index is 6.59. The van der Waals surface area contributed by atoms with Gasteiger partial charge in [-0.1, -0.05) is 141 Å². The number of furan rings is 1. The van der Waals surface area contributed by atoms with E-state index >= 15 is 0 Å². The third-order valence-corrected chi connectivity index (χ3v) is 19.5. The second-order valence-corrected chi connectivity index (χ2v) is 23.2. The lowest BCUT2D eigenvalue weighted by molar-refractivity contribution is 0.660. The molecule has 5 heteroatoms. The largest absolute Gasteiger partial charge is 0.456 e. The van der Waals surface area contributed by atoms with Gasteiger partial charge in [0.15, 0.2) is 0 Å². The van der Waals surface area contributed by atoms with Gasteiger partial charge in [-0.05, 0) is 123 Å². The van der Waals surface area contributed by atoms with Gasteiger partial charge in [0, 0.05) is 107 Å². The van der Waals surface area contributed by atoms with E-state index in [0.717, 1.165) is 39.0 Å². The molecule has 0 spiro atoms. The van der Waals surface area contributed by atoms with Gasteiger partial charge in [0.2, 0.25) is 0 Å². The van der Waals surface area contributed by atoms with Gasteiger partial charge >= 0.3 is 0 Å². The van der Waals surface area contributed by atoms with Crippen molar-refractivity contribution in [1.82, 2.24) is 4.57 Å². The highest BCUT2D eigenvalue weighted by Crippen LogP contribution is 2.55. The van der Waals surface area contributed by atoms with Crippen molar-refractivity contribution in [2.75, 3.05) is 4.90 Å². The average Bonchev–Trinajstić information content (AvgIpc) is 4.30. The Morgan fingerprint density at radius 1 is 0.365 bits per heavy atom. The summed E-state index contributed by atoms with van der Waals surface area (Å²) in [4.78, 5) is 2.45. The Morgan fingerprint density at radius 3 is 1.73 bits per heavy atom. The highest BCUT2D eigenvalue weighted by molar-refractivity contribution is 7.27. The highest BCUT2D eigenvalue weighted by atomic mass is 32.1. The number of nitrogens with zero attached hydrogens (tertiary/aromatic N) is 2. The van der Waals surface area contributed by atoms with Crippen LogP contribution in [0.25, 0.3) is 145 Å². The van der Waals surface area contributed by atoms with Crippen molar-refractivity contribution in [3.05, 3.63) is 217 Å². The molecule has 344 valence electrons. The molecule has 0 unspecified atom stereocenters. The Kier molecular flexibility index (Phi) is 7.45. The summed E-state index contributed by atoms with van der Waals surface area (Å²) in [5.41, 5.74) is 19.2. The lowest BCUT2D eigenvalue weighted by Gasteiger charge is -2.28. The molecular formula is C69H40N2OS2. The van der Waals surface area contributed by atoms with E-state index in [-0.39, 0.29) is 5.41 Å². The van der Waals surface area contributed by atoms with E-state index in [1.165, 1.54) is 134 Å². The van der Waals surface area contributed by atoms with Gasteiger partial charge in [0.05, 0.1) is 16.7 Å². The summed E-state index contributed by atoms with van der Waals surface area (Å²) in [6.07, 6.45) is 0. The van der Waals surface area contributed by atoms with Crippen molar-refractivity contribution >= 4 is 145 Å². The first-order chi connectivity index (χ1) is 36.4. The lowest BCUT2D eigenvalue weighted by Crippen LogP contribution is -2.16. The first-order valence-electron chi connectivity index (χ1n) is 25.6. The van der Waals surface area contributed by atoms with Crippen molar-refractivity contribution in [2.24, 2.45) is 0 Å². The number of aromatic nitrogens is 1. The molecule has 0 atom stereocenters. The first kappa shape index (κ1) is 39.8. The number of benzene rings is 12. The smallest absolute Gasteiger partial charge is 0.137 e. The fourth-order valence-corrected chi connectivity index (χ4v) is 16.2. The van der Waals surface area contributed by atoms with Gasteiger partial charge in [-0.15, -0.1) is 22.7 Å². The zero-order valence-electron chi connectivity index (χ0n) is 40.2. The predicted octanol–water partition coefficient (Wildman–Crippen LogP) is 20.6. The summed E-state index contributed by atoms with van der Waals surface area (Å²) in [5.74, 6) is 0. The van der Waals surface area contributed by atoms with Crippen LogP contribution in [0.4, 0.5) is 17.1 Å². The third-order valence-electron chi connectivity index (χ3n) is 17.1. The van der Waals surface area contributed by atoms with Crippen molar-refractivity contribution in [3.63, 3.8) is 0 Å². The van der Waals surface area contributed by atoms with E-state index in [0.29, 0.717) is 0 Å². The Bertz CT molecular complexity index is 5160. The van der Waals surface area contributed by atoms with E-state index < -0.39 is 0 Å². The Labute approximate surface area is 432 Å². The van der Waals surface area contributed by atoms with Gasteiger partial charge < -0.3 is 13.9 Å². The number of fused-ring (bicyclic) bond motifs is 17. The number of hydrogen-bond acceptors (Lipinski definition) is 4. The van der Waals surface area contributed by atoms with Gasteiger partial charge in [-0.2, -0.15) is 0 Å². The molecule has 0 aliphatic heterocycles. The molecular weight excluding hydrogens is 937 g/mol. The third kappa shape index (κ3) is 4.96. The van der Waals surface area contributed by atoms with E-state index in [1.807, 2.05) is 22.7 Å². The minimum absolute atomic E-state index is 0.153. The molecule has 0 saturated carbocycles. The zero-order chi connectivity index (χ0) is 48.3. The van der Waals surface area contributed by atoms with E-state index in [1.54, 1.807) is 0 Å². The number of anilines is 3. The van der Waals surface area contributed by atoms with Crippen molar-refractivity contribution in [1.29, 1.82) is 0 Å². The predicted molar refractivity (Wildman–Crippen MR) is 317 cm³/mol. The second kappa shape index (κ2) is 13.9. The van der Waals surface area contributed by atoms with Gasteiger partial charge in [-0.25, -0.2) is 0 Å². The molecule has 0 N–H and O–H groups in total. The molecule has 0 saturated heterocycles. The topological polar surface area (TPSA) is 21.3 Å². The molecule has 0 amide bonds. The SMILES string of the molecule is CC1(C)c2ccccc2-c2ccc(N(c3ccc4c(c3)oc3ccccc34)c3ccc4sc5c(cc6c7c5ccc5c8sc9ccccc9c8cc(c57)n6-c5ccc6c7c(cccc57)-c5ccccc5-6)c4c3)cc21. The number of hydrogen-bond donors (Lipinski definition) is 0. The van der Waals surface area contributed by atoms with E-state index in [2.05, 4.69) is 230 Å². The summed E-state index contributed by atoms with van der Waals surface area (Å²) in [5, 5.41) is 15.3. The summed E-state index contributed by atoms with van der Waals surface area (Å²) >= 11 is 3.84. The van der Waals surface area contributed by atoms with Crippen LogP contribution in [0.15, 0.2) is 211 Å². The minimum Gasteiger partial charge on any atom is -0.456 e. The summed E-state index contributed by atoms with van der Waals surface area (Å²) in [6.45, 7) is 4.74. The van der Waals surface area contributed by atoms with Crippen molar-refractivity contribution < 1.29 is 4.42 Å². The van der Waals surface area contributed by atoms with Gasteiger partial charge in [-0.3, -0.25) is 0 Å². The van der Waals surface area contributed by atoms with Crippen LogP contribution in [-0.2, 0) is 5.41 Å². The molecule has 3 nitrogen and oxygen atoms in total. The minimum atomic E-state index is -0.153. The van der Waals surface area contributed by atoms with Crippen LogP contribution in [0.1, 0.15) is 25.0 Å². The normalized spacial score (nSPS) is 13.6. The number of thiophene rings is 2. The first-order valence-corrected chi connectivity index (χ1v) is 27.2. The maximum absolute atomic E-state index is 6.59. The quantitative estimate of drug-likeness (QED) is 0.164. The van der Waals surface area contributed by atoms with E-state index in [4.69, 9.17) is 4.42 Å². The molecule has 74 heavy (non-hydrogen) atoms. The molecule has 4 aromatic heterocycles. The molecule has 12 aromatic carbocycles. The molecule has 2 aliphatic rings. The van der Waals surface area contributed by atoms with Crippen LogP contribution in [0.3, 0.4) is 0 Å². The van der Waals surface area contributed by atoms with Crippen LogP contribution >= 0.6 is 22.7 Å². The molecule has 0 fully saturated rings. The van der Waals surface area contributed by atoms with Crippen LogP contribution in [0.2, 0.25) is 0 Å². The molecule has 18 rings (SSSR count). The summed E-state index contributed by atoms with van der Waals surface area (Å²) < 4.78 is 14.5. The molecule has 4 heterocycles. The van der Waals surface area contributed by atoms with E-state index in [9.17, 15) is 0 Å². The van der Waals surface area contributed by atoms with Crippen molar-refractivity contribution in [3.8, 4) is 39.1 Å². The lowest BCUT2D eigenvalue weighted by atomic mass is 9.82. The van der Waals surface area contributed by atoms with Crippen LogP contribution in [0.5, 0.6) is 0 Å². The van der Waals surface area contributed by atoms with Crippen molar-refractivity contribution in [2.45, 2.75) is 19.3 Å². The Balaban J connectivity index is 0.917. The number of rotatable bonds is 4. The average molecular weight is 977 g/mol. The maximum Gasteiger partial charge on any atom is 0.137 e. The number of para-hydroxylation sites is 1. The Hall–Kier alpha value is -8.74. The zero-order valence-corrected chi connectivity index (χ0v) is 41.9. The highest BCUT2D eigenvalue weighted by Gasteiger charge is 2.36. The van der Waals surface area contributed by atoms with Crippen LogP contribution in [-0.4, -0.2) is 4.57 Å². The second-order valence-electron chi connectivity index (χ2n) is 21.1. The Morgan fingerprint density at radius 2 is 0.919 bits per heavy atom. The summed E-state index contributed by atoms with van der Waals surface area (Å²) in [6, 6.07) is 77.7. The van der Waals surface area contributed by atoms with Gasteiger partial charge in [0.1, 0.15) is 11.2 Å².